The lowest BCUT2D eigenvalue weighted by Crippen LogP contribution is -2.48. The number of pyridine rings is 1. The van der Waals surface area contributed by atoms with Crippen molar-refractivity contribution in [1.82, 2.24) is 30.4 Å². The molecule has 8 nitrogen and oxygen atoms in total. The maximum absolute atomic E-state index is 12.1. The fraction of sp³-hybridized carbons (Fsp3) is 0.500. The van der Waals surface area contributed by atoms with Crippen LogP contribution in [0, 0.1) is 5.92 Å². The van der Waals surface area contributed by atoms with Gasteiger partial charge in [-0.25, -0.2) is 4.79 Å². The number of hydrogen-bond acceptors (Lipinski definition) is 6. The number of thioether (sulfide) groups is 1. The Bertz CT molecular complexity index is 794. The standard InChI is InChI=1S/C18H24N6O2S/c1-12-5-3-4-6-14(12)20-17(26)21-15(25)11-27-18-23-22-16(24(18)2)13-7-9-19-10-8-13/h7-10,12,14H,3-6,11H2,1-2H3,(H2,20,21,25,26)/t12-,14+/m0/s1. The molecule has 0 spiro atoms. The Morgan fingerprint density at radius 2 is 1.96 bits per heavy atom. The highest BCUT2D eigenvalue weighted by atomic mass is 32.2. The Labute approximate surface area is 162 Å². The first-order valence-electron chi connectivity index (χ1n) is 9.07. The minimum atomic E-state index is -0.421. The Balaban J connectivity index is 1.49. The van der Waals surface area contributed by atoms with Gasteiger partial charge in [0.15, 0.2) is 11.0 Å². The van der Waals surface area contributed by atoms with E-state index in [1.54, 1.807) is 12.4 Å². The van der Waals surface area contributed by atoms with Crippen LogP contribution in [0.15, 0.2) is 29.7 Å². The molecule has 0 saturated heterocycles. The zero-order valence-corrected chi connectivity index (χ0v) is 16.3. The highest BCUT2D eigenvalue weighted by molar-refractivity contribution is 7.99. The number of imide groups is 1. The molecule has 2 heterocycles. The van der Waals surface area contributed by atoms with Gasteiger partial charge in [0.1, 0.15) is 0 Å². The molecule has 0 unspecified atom stereocenters. The van der Waals surface area contributed by atoms with Crippen LogP contribution in [-0.2, 0) is 11.8 Å². The summed E-state index contributed by atoms with van der Waals surface area (Å²) in [6, 6.07) is 3.42. The summed E-state index contributed by atoms with van der Waals surface area (Å²) in [4.78, 5) is 28.1. The van der Waals surface area contributed by atoms with Gasteiger partial charge in [0.2, 0.25) is 5.91 Å². The summed E-state index contributed by atoms with van der Waals surface area (Å²) < 4.78 is 1.82. The van der Waals surface area contributed by atoms with Crippen LogP contribution in [0.25, 0.3) is 11.4 Å². The van der Waals surface area contributed by atoms with Crippen LogP contribution >= 0.6 is 11.8 Å². The normalized spacial score (nSPS) is 19.5. The number of aromatic nitrogens is 4. The van der Waals surface area contributed by atoms with Crippen LogP contribution in [0.4, 0.5) is 4.79 Å². The quantitative estimate of drug-likeness (QED) is 0.763. The van der Waals surface area contributed by atoms with Gasteiger partial charge in [0, 0.05) is 31.0 Å². The minimum absolute atomic E-state index is 0.0932. The predicted molar refractivity (Wildman–Crippen MR) is 103 cm³/mol. The van der Waals surface area contributed by atoms with Gasteiger partial charge in [-0.15, -0.1) is 10.2 Å². The first-order valence-corrected chi connectivity index (χ1v) is 10.1. The molecule has 1 aliphatic rings. The molecular formula is C18H24N6O2S. The molecule has 0 radical (unpaired) electrons. The largest absolute Gasteiger partial charge is 0.335 e. The third-order valence-electron chi connectivity index (χ3n) is 4.79. The minimum Gasteiger partial charge on any atom is -0.335 e. The molecule has 2 aromatic heterocycles. The van der Waals surface area contributed by atoms with Gasteiger partial charge in [-0.3, -0.25) is 15.1 Å². The predicted octanol–water partition coefficient (Wildman–Crippen LogP) is 2.37. The van der Waals surface area contributed by atoms with Gasteiger partial charge in [-0.2, -0.15) is 0 Å². The van der Waals surface area contributed by atoms with Gasteiger partial charge in [0.05, 0.1) is 5.75 Å². The van der Waals surface area contributed by atoms with Gasteiger partial charge in [-0.05, 0) is 30.9 Å². The average molecular weight is 388 g/mol. The third-order valence-corrected chi connectivity index (χ3v) is 5.81. The number of nitrogens with one attached hydrogen (secondary N) is 2. The lowest BCUT2D eigenvalue weighted by molar-refractivity contribution is -0.117. The smallest absolute Gasteiger partial charge is 0.321 e. The molecule has 27 heavy (non-hydrogen) atoms. The van der Waals surface area contributed by atoms with E-state index in [9.17, 15) is 9.59 Å². The van der Waals surface area contributed by atoms with Crippen LogP contribution in [0.1, 0.15) is 32.6 Å². The highest BCUT2D eigenvalue weighted by Gasteiger charge is 2.23. The molecule has 3 rings (SSSR count). The number of urea groups is 1. The van der Waals surface area contributed by atoms with Gasteiger partial charge in [0.25, 0.3) is 0 Å². The molecule has 3 amide bonds. The van der Waals surface area contributed by atoms with E-state index >= 15 is 0 Å². The van der Waals surface area contributed by atoms with Gasteiger partial charge in [-0.1, -0.05) is 31.5 Å². The molecule has 0 aromatic carbocycles. The second-order valence-corrected chi connectivity index (χ2v) is 7.72. The molecule has 2 atom stereocenters. The fourth-order valence-corrected chi connectivity index (χ4v) is 3.93. The summed E-state index contributed by atoms with van der Waals surface area (Å²) in [7, 11) is 1.84. The van der Waals surface area contributed by atoms with E-state index in [0.717, 1.165) is 24.8 Å². The molecule has 0 bridgehead atoms. The van der Waals surface area contributed by atoms with Crippen LogP contribution in [-0.4, -0.2) is 43.5 Å². The third kappa shape index (κ3) is 5.06. The van der Waals surface area contributed by atoms with E-state index in [2.05, 4.69) is 32.7 Å². The lowest BCUT2D eigenvalue weighted by Gasteiger charge is -2.29. The summed E-state index contributed by atoms with van der Waals surface area (Å²) in [5.41, 5.74) is 0.900. The van der Waals surface area contributed by atoms with E-state index in [4.69, 9.17) is 0 Å². The molecule has 1 fully saturated rings. The van der Waals surface area contributed by atoms with Crippen molar-refractivity contribution in [3.8, 4) is 11.4 Å². The van der Waals surface area contributed by atoms with Gasteiger partial charge >= 0.3 is 6.03 Å². The lowest BCUT2D eigenvalue weighted by atomic mass is 9.86. The summed E-state index contributed by atoms with van der Waals surface area (Å²) in [6.45, 7) is 2.14. The fourth-order valence-electron chi connectivity index (χ4n) is 3.22. The summed E-state index contributed by atoms with van der Waals surface area (Å²) in [5, 5.41) is 14.2. The van der Waals surface area contributed by atoms with Crippen LogP contribution in [0.2, 0.25) is 0 Å². The number of amides is 3. The van der Waals surface area contributed by atoms with E-state index in [1.165, 1.54) is 18.2 Å². The molecule has 0 aliphatic heterocycles. The van der Waals surface area contributed by atoms with Crippen LogP contribution in [0.3, 0.4) is 0 Å². The molecule has 2 aromatic rings. The van der Waals surface area contributed by atoms with Crippen molar-refractivity contribution >= 4 is 23.7 Å². The number of rotatable bonds is 5. The Morgan fingerprint density at radius 1 is 1.22 bits per heavy atom. The van der Waals surface area contributed by atoms with Crippen molar-refractivity contribution in [3.63, 3.8) is 0 Å². The average Bonchev–Trinajstić information content (AvgIpc) is 3.03. The zero-order valence-electron chi connectivity index (χ0n) is 15.5. The Hall–Kier alpha value is -2.42. The van der Waals surface area contributed by atoms with E-state index in [1.807, 2.05) is 23.7 Å². The van der Waals surface area contributed by atoms with E-state index < -0.39 is 6.03 Å². The van der Waals surface area contributed by atoms with Crippen molar-refractivity contribution in [2.75, 3.05) is 5.75 Å². The number of hydrogen-bond donors (Lipinski definition) is 2. The number of carbonyl (C=O) groups is 2. The topological polar surface area (TPSA) is 102 Å². The van der Waals surface area contributed by atoms with Gasteiger partial charge < -0.3 is 9.88 Å². The zero-order chi connectivity index (χ0) is 19.2. The van der Waals surface area contributed by atoms with Crippen molar-refractivity contribution in [1.29, 1.82) is 0 Å². The van der Waals surface area contributed by atoms with E-state index in [0.29, 0.717) is 16.9 Å². The van der Waals surface area contributed by atoms with Crippen LogP contribution < -0.4 is 10.6 Å². The molecule has 1 aliphatic carbocycles. The highest BCUT2D eigenvalue weighted by Crippen LogP contribution is 2.24. The van der Waals surface area contributed by atoms with Crippen molar-refractivity contribution in [2.45, 2.75) is 43.8 Å². The summed E-state index contributed by atoms with van der Waals surface area (Å²) in [6.07, 6.45) is 7.78. The van der Waals surface area contributed by atoms with E-state index in [-0.39, 0.29) is 17.7 Å². The summed E-state index contributed by atoms with van der Waals surface area (Å²) in [5.74, 6) is 0.883. The summed E-state index contributed by atoms with van der Waals surface area (Å²) >= 11 is 1.24. The second kappa shape index (κ2) is 8.98. The first-order chi connectivity index (χ1) is 13.0. The van der Waals surface area contributed by atoms with Crippen molar-refractivity contribution in [2.24, 2.45) is 13.0 Å². The molecule has 144 valence electrons. The molecule has 1 saturated carbocycles. The Morgan fingerprint density at radius 3 is 2.70 bits per heavy atom. The van der Waals surface area contributed by atoms with Crippen molar-refractivity contribution < 1.29 is 9.59 Å². The van der Waals surface area contributed by atoms with Crippen molar-refractivity contribution in [3.05, 3.63) is 24.5 Å². The molecule has 2 N–H and O–H groups in total. The second-order valence-electron chi connectivity index (χ2n) is 6.78. The van der Waals surface area contributed by atoms with Crippen LogP contribution in [0.5, 0.6) is 0 Å². The molecular weight excluding hydrogens is 364 g/mol. The number of nitrogens with zero attached hydrogens (tertiary/aromatic N) is 4. The maximum atomic E-state index is 12.1. The monoisotopic (exact) mass is 388 g/mol. The number of carbonyl (C=O) groups excluding carboxylic acids is 2. The SMILES string of the molecule is C[C@H]1CCCC[C@H]1NC(=O)NC(=O)CSc1nnc(-c2ccncc2)n1C. The first kappa shape index (κ1) is 19.3. The Kier molecular flexibility index (Phi) is 6.44. The molecule has 9 heteroatoms. The maximum Gasteiger partial charge on any atom is 0.321 e.